The van der Waals surface area contributed by atoms with Gasteiger partial charge in [0.15, 0.2) is 5.82 Å². The van der Waals surface area contributed by atoms with Crippen molar-refractivity contribution in [3.63, 3.8) is 0 Å². The van der Waals surface area contributed by atoms with Crippen LogP contribution in [0.3, 0.4) is 0 Å². The van der Waals surface area contributed by atoms with Crippen LogP contribution in [-0.2, 0) is 0 Å². The molecule has 0 aliphatic carbocycles. The molecule has 0 spiro atoms. The Bertz CT molecular complexity index is 578. The highest BCUT2D eigenvalue weighted by Crippen LogP contribution is 2.27. The number of hydrogen-bond acceptors (Lipinski definition) is 3. The largest absolute Gasteiger partial charge is 0.353 e. The van der Waals surface area contributed by atoms with Gasteiger partial charge in [0.05, 0.1) is 5.69 Å². The van der Waals surface area contributed by atoms with Gasteiger partial charge in [-0.15, -0.1) is 0 Å². The van der Waals surface area contributed by atoms with Crippen LogP contribution < -0.4 is 10.2 Å². The van der Waals surface area contributed by atoms with Crippen LogP contribution in [0.2, 0.25) is 0 Å². The van der Waals surface area contributed by atoms with E-state index >= 15 is 0 Å². The molecule has 1 aromatic carbocycles. The van der Waals surface area contributed by atoms with E-state index in [2.05, 4.69) is 36.3 Å². The predicted molar refractivity (Wildman–Crippen MR) is 76.8 cm³/mol. The highest BCUT2D eigenvalue weighted by atomic mass is 79.9. The molecule has 3 rings (SSSR count). The topological polar surface area (TPSA) is 44.0 Å². The second kappa shape index (κ2) is 5.30. The van der Waals surface area contributed by atoms with Crippen LogP contribution in [-0.4, -0.2) is 36.4 Å². The first-order valence-electron chi connectivity index (χ1n) is 6.20. The molecule has 100 valence electrons. The molecule has 4 nitrogen and oxygen atoms in total. The summed E-state index contributed by atoms with van der Waals surface area (Å²) < 4.78 is 14.7. The Morgan fingerprint density at radius 2 is 2.00 bits per heavy atom. The Kier molecular flexibility index (Phi) is 3.52. The minimum atomic E-state index is -0.251. The smallest absolute Gasteiger partial charge is 0.151 e. The normalized spacial score (nSPS) is 15.8. The average molecular weight is 325 g/mol. The van der Waals surface area contributed by atoms with Crippen LogP contribution in [0.25, 0.3) is 11.3 Å². The third-order valence-corrected chi connectivity index (χ3v) is 3.72. The monoisotopic (exact) mass is 324 g/mol. The third kappa shape index (κ3) is 2.64. The van der Waals surface area contributed by atoms with Crippen molar-refractivity contribution in [3.05, 3.63) is 34.6 Å². The van der Waals surface area contributed by atoms with Gasteiger partial charge in [-0.05, 0) is 18.2 Å². The minimum absolute atomic E-state index is 0.251. The number of aromatic amines is 1. The molecule has 6 heteroatoms. The van der Waals surface area contributed by atoms with Crippen molar-refractivity contribution < 1.29 is 4.39 Å². The van der Waals surface area contributed by atoms with Crippen LogP contribution in [0, 0.1) is 5.82 Å². The first-order valence-corrected chi connectivity index (χ1v) is 7.00. The fourth-order valence-corrected chi connectivity index (χ4v) is 2.57. The fourth-order valence-electron chi connectivity index (χ4n) is 2.21. The lowest BCUT2D eigenvalue weighted by molar-refractivity contribution is 0.584. The van der Waals surface area contributed by atoms with Gasteiger partial charge in [0.2, 0.25) is 0 Å². The maximum atomic E-state index is 13.8. The number of nitrogens with one attached hydrogen (secondary N) is 2. The van der Waals surface area contributed by atoms with Gasteiger partial charge in [-0.1, -0.05) is 15.9 Å². The minimum Gasteiger partial charge on any atom is -0.353 e. The number of hydrogen-bond donors (Lipinski definition) is 2. The molecule has 2 heterocycles. The third-order valence-electron chi connectivity index (χ3n) is 3.22. The van der Waals surface area contributed by atoms with Crippen molar-refractivity contribution >= 4 is 21.7 Å². The Balaban J connectivity index is 1.89. The number of nitrogens with zero attached hydrogens (tertiary/aromatic N) is 2. The summed E-state index contributed by atoms with van der Waals surface area (Å²) in [6.07, 6.45) is 0. The Morgan fingerprint density at radius 1 is 1.21 bits per heavy atom. The first-order chi connectivity index (χ1) is 9.24. The van der Waals surface area contributed by atoms with Gasteiger partial charge >= 0.3 is 0 Å². The lowest BCUT2D eigenvalue weighted by atomic mass is 10.1. The molecule has 1 aromatic heterocycles. The van der Waals surface area contributed by atoms with E-state index in [9.17, 15) is 4.39 Å². The van der Waals surface area contributed by atoms with Crippen molar-refractivity contribution in [3.8, 4) is 11.3 Å². The standard InChI is InChI=1S/C13H14BrFN4/c14-9-1-2-11(15)10(7-9)12-8-13(18-17-12)19-5-3-16-4-6-19/h1-2,7-8,16H,3-6H2,(H,17,18). The number of rotatable bonds is 2. The lowest BCUT2D eigenvalue weighted by Gasteiger charge is -2.26. The van der Waals surface area contributed by atoms with Crippen molar-refractivity contribution in [1.82, 2.24) is 15.5 Å². The molecule has 2 aromatic rings. The second-order valence-corrected chi connectivity index (χ2v) is 5.42. The number of piperazine rings is 1. The van der Waals surface area contributed by atoms with Crippen molar-refractivity contribution in [1.29, 1.82) is 0 Å². The molecule has 0 amide bonds. The maximum Gasteiger partial charge on any atom is 0.151 e. The molecule has 1 aliphatic rings. The van der Waals surface area contributed by atoms with Crippen LogP contribution in [0.4, 0.5) is 10.2 Å². The molecular formula is C13H14BrFN4. The molecule has 1 aliphatic heterocycles. The summed E-state index contributed by atoms with van der Waals surface area (Å²) in [6.45, 7) is 3.75. The maximum absolute atomic E-state index is 13.8. The Hall–Kier alpha value is -1.40. The molecule has 0 atom stereocenters. The quantitative estimate of drug-likeness (QED) is 0.891. The molecule has 0 saturated carbocycles. The van der Waals surface area contributed by atoms with Crippen LogP contribution in [0.5, 0.6) is 0 Å². The Morgan fingerprint density at radius 3 is 2.79 bits per heavy atom. The summed E-state index contributed by atoms with van der Waals surface area (Å²) in [5.41, 5.74) is 1.23. The SMILES string of the molecule is Fc1ccc(Br)cc1-c1cc(N2CCNCC2)n[nH]1. The van der Waals surface area contributed by atoms with Gasteiger partial charge in [-0.2, -0.15) is 5.10 Å². The predicted octanol–water partition coefficient (Wildman–Crippen LogP) is 2.39. The molecule has 0 radical (unpaired) electrons. The molecule has 0 bridgehead atoms. The highest BCUT2D eigenvalue weighted by Gasteiger charge is 2.15. The van der Waals surface area contributed by atoms with Gasteiger partial charge in [-0.3, -0.25) is 5.10 Å². The fraction of sp³-hybridized carbons (Fsp3) is 0.308. The van der Waals surface area contributed by atoms with Gasteiger partial charge in [0.1, 0.15) is 5.82 Å². The first kappa shape index (κ1) is 12.6. The summed E-state index contributed by atoms with van der Waals surface area (Å²) in [4.78, 5) is 2.19. The zero-order chi connectivity index (χ0) is 13.2. The van der Waals surface area contributed by atoms with E-state index in [1.807, 2.05) is 6.07 Å². The van der Waals surface area contributed by atoms with E-state index in [-0.39, 0.29) is 5.82 Å². The van der Waals surface area contributed by atoms with E-state index in [1.165, 1.54) is 6.07 Å². The van der Waals surface area contributed by atoms with Gasteiger partial charge in [0, 0.05) is 42.3 Å². The molecule has 19 heavy (non-hydrogen) atoms. The number of aromatic nitrogens is 2. The van der Waals surface area contributed by atoms with E-state index in [1.54, 1.807) is 12.1 Å². The number of halogens is 2. The number of anilines is 1. The van der Waals surface area contributed by atoms with Gasteiger partial charge < -0.3 is 10.2 Å². The van der Waals surface area contributed by atoms with E-state index in [4.69, 9.17) is 0 Å². The zero-order valence-corrected chi connectivity index (χ0v) is 11.9. The molecule has 0 unspecified atom stereocenters. The molecule has 2 N–H and O–H groups in total. The molecule has 1 saturated heterocycles. The van der Waals surface area contributed by atoms with E-state index < -0.39 is 0 Å². The van der Waals surface area contributed by atoms with Crippen molar-refractivity contribution in [2.24, 2.45) is 0 Å². The average Bonchev–Trinajstić information content (AvgIpc) is 2.92. The van der Waals surface area contributed by atoms with Crippen molar-refractivity contribution in [2.75, 3.05) is 31.1 Å². The summed E-state index contributed by atoms with van der Waals surface area (Å²) in [7, 11) is 0. The van der Waals surface area contributed by atoms with Crippen LogP contribution in [0.1, 0.15) is 0 Å². The molecular weight excluding hydrogens is 311 g/mol. The summed E-state index contributed by atoms with van der Waals surface area (Å²) in [5.74, 6) is 0.620. The van der Waals surface area contributed by atoms with Crippen LogP contribution in [0.15, 0.2) is 28.7 Å². The number of benzene rings is 1. The van der Waals surface area contributed by atoms with Gasteiger partial charge in [-0.25, -0.2) is 4.39 Å². The summed E-state index contributed by atoms with van der Waals surface area (Å²) >= 11 is 3.36. The Labute approximate surface area is 119 Å². The van der Waals surface area contributed by atoms with Gasteiger partial charge in [0.25, 0.3) is 0 Å². The van der Waals surface area contributed by atoms with E-state index in [0.717, 1.165) is 36.5 Å². The highest BCUT2D eigenvalue weighted by molar-refractivity contribution is 9.10. The lowest BCUT2D eigenvalue weighted by Crippen LogP contribution is -2.43. The van der Waals surface area contributed by atoms with Crippen LogP contribution >= 0.6 is 15.9 Å². The number of H-pyrrole nitrogens is 1. The van der Waals surface area contributed by atoms with E-state index in [0.29, 0.717) is 11.3 Å². The van der Waals surface area contributed by atoms with Crippen molar-refractivity contribution in [2.45, 2.75) is 0 Å². The summed E-state index contributed by atoms with van der Waals surface area (Å²) in [5, 5.41) is 10.5. The summed E-state index contributed by atoms with van der Waals surface area (Å²) in [6, 6.07) is 6.79. The zero-order valence-electron chi connectivity index (χ0n) is 10.3. The second-order valence-electron chi connectivity index (χ2n) is 4.50. The molecule has 1 fully saturated rings.